The van der Waals surface area contributed by atoms with E-state index in [4.69, 9.17) is 16.3 Å². The highest BCUT2D eigenvalue weighted by Crippen LogP contribution is 2.63. The van der Waals surface area contributed by atoms with Crippen LogP contribution in [0.1, 0.15) is 31.2 Å². The summed E-state index contributed by atoms with van der Waals surface area (Å²) in [6.45, 7) is 1.76. The number of allylic oxidation sites excluding steroid dienone is 2. The molecule has 4 amide bonds. The summed E-state index contributed by atoms with van der Waals surface area (Å²) in [6.07, 6.45) is 2.52. The third-order valence-electron chi connectivity index (χ3n) is 10.1. The minimum atomic E-state index is -1.25. The van der Waals surface area contributed by atoms with Gasteiger partial charge in [0.15, 0.2) is 0 Å². The summed E-state index contributed by atoms with van der Waals surface area (Å²) in [5, 5.41) is 8.97. The predicted octanol–water partition coefficient (Wildman–Crippen LogP) is 5.89. The molecule has 0 unspecified atom stereocenters. The van der Waals surface area contributed by atoms with Crippen LogP contribution in [0.15, 0.2) is 78.4 Å². The second-order valence-corrected chi connectivity index (χ2v) is 14.0. The third kappa shape index (κ3) is 4.63. The molecule has 0 bridgehead atoms. The van der Waals surface area contributed by atoms with Crippen LogP contribution in [0, 0.1) is 38.5 Å². The molecule has 0 spiro atoms. The molecule has 236 valence electrons. The van der Waals surface area contributed by atoms with Crippen LogP contribution in [0.5, 0.6) is 5.75 Å². The molecule has 4 aliphatic rings. The van der Waals surface area contributed by atoms with Gasteiger partial charge in [0, 0.05) is 9.49 Å². The van der Waals surface area contributed by atoms with Crippen molar-refractivity contribution in [3.8, 4) is 5.75 Å². The average Bonchev–Trinajstić information content (AvgIpc) is 3.41. The van der Waals surface area contributed by atoms with Gasteiger partial charge in [-0.3, -0.25) is 24.1 Å². The van der Waals surface area contributed by atoms with E-state index in [1.807, 2.05) is 30.3 Å². The first-order valence-corrected chi connectivity index (χ1v) is 16.5. The molecule has 2 saturated heterocycles. The summed E-state index contributed by atoms with van der Waals surface area (Å²) in [5.74, 6) is -4.76. The van der Waals surface area contributed by atoms with Crippen molar-refractivity contribution >= 4 is 69.2 Å². The first-order chi connectivity index (χ1) is 22.1. The Labute approximate surface area is 283 Å². The van der Waals surface area contributed by atoms with Crippen LogP contribution >= 0.6 is 34.2 Å². The number of fused-ring (bicyclic) bond motifs is 4. The first kappa shape index (κ1) is 31.0. The van der Waals surface area contributed by atoms with Gasteiger partial charge in [-0.25, -0.2) is 9.29 Å². The fraction of sp³-hybridized carbons (Fsp3) is 0.314. The van der Waals surface area contributed by atoms with Gasteiger partial charge in [-0.15, -0.1) is 0 Å². The number of ether oxygens (including phenoxy) is 1. The van der Waals surface area contributed by atoms with Crippen molar-refractivity contribution < 1.29 is 33.4 Å². The van der Waals surface area contributed by atoms with E-state index in [-0.39, 0.29) is 42.2 Å². The highest BCUT2D eigenvalue weighted by Gasteiger charge is 2.67. The van der Waals surface area contributed by atoms with Gasteiger partial charge in [-0.1, -0.05) is 35.4 Å². The Balaban J connectivity index is 1.34. The van der Waals surface area contributed by atoms with E-state index in [0.717, 1.165) is 25.7 Å². The summed E-state index contributed by atoms with van der Waals surface area (Å²) in [6, 6.07) is 18.1. The summed E-state index contributed by atoms with van der Waals surface area (Å²) < 4.78 is 20.6. The number of hydrogen-bond donors (Lipinski definition) is 1. The van der Waals surface area contributed by atoms with Crippen LogP contribution in [0.3, 0.4) is 0 Å². The van der Waals surface area contributed by atoms with E-state index < -0.39 is 52.6 Å². The zero-order chi connectivity index (χ0) is 32.5. The van der Waals surface area contributed by atoms with E-state index >= 15 is 0 Å². The van der Waals surface area contributed by atoms with Gasteiger partial charge < -0.3 is 9.84 Å². The molecule has 3 aromatic rings. The van der Waals surface area contributed by atoms with Crippen LogP contribution in [-0.2, 0) is 19.2 Å². The number of carbonyl (C=O) groups is 4. The Morgan fingerprint density at radius 1 is 0.935 bits per heavy atom. The summed E-state index contributed by atoms with van der Waals surface area (Å²) in [4.78, 5) is 59.1. The van der Waals surface area contributed by atoms with E-state index in [1.165, 1.54) is 17.0 Å². The standard InChI is InChI=1S/C35H29ClFIN2O6/c1-35-26(32(43)40(34(35)45)21-8-13-28(37)27(36)16-21)17-25-23(30(35)18-2-9-22(10-3-18)46-15-14-41)11-12-24-29(25)33(44)39(31(24)42)20-6-4-19(38)5-7-20/h2-11,13,16,24-26,29-30,41H,12,14-15,17H2,1H3/t24-,25+,26-,29-,30-,35+/m0/s1. The molecular weight excluding hydrogens is 726 g/mol. The summed E-state index contributed by atoms with van der Waals surface area (Å²) in [5.41, 5.74) is 1.05. The molecule has 0 radical (unpaired) electrons. The lowest BCUT2D eigenvalue weighted by molar-refractivity contribution is -0.131. The third-order valence-corrected chi connectivity index (χ3v) is 11.1. The Morgan fingerprint density at radius 3 is 2.30 bits per heavy atom. The molecule has 11 heteroatoms. The van der Waals surface area contributed by atoms with Crippen molar-refractivity contribution in [3.05, 3.63) is 98.4 Å². The van der Waals surface area contributed by atoms with Crippen molar-refractivity contribution in [3.63, 3.8) is 0 Å². The minimum Gasteiger partial charge on any atom is -0.491 e. The van der Waals surface area contributed by atoms with Crippen LogP contribution < -0.4 is 14.5 Å². The fourth-order valence-electron chi connectivity index (χ4n) is 8.03. The summed E-state index contributed by atoms with van der Waals surface area (Å²) >= 11 is 8.25. The van der Waals surface area contributed by atoms with Crippen LogP contribution in [0.2, 0.25) is 5.02 Å². The molecule has 8 nitrogen and oxygen atoms in total. The SMILES string of the molecule is C[C@@]12C(=O)N(c3ccc(F)c(Cl)c3)C(=O)[C@@H]1C[C@@H]1C(=CC[C@@H]3C(=O)N(c4ccc(I)cc4)C(=O)[C@@H]31)[C@@H]2c1ccc(OCCO)cc1. The number of aliphatic hydroxyl groups is 1. The van der Waals surface area contributed by atoms with E-state index in [2.05, 4.69) is 22.6 Å². The molecule has 3 fully saturated rings. The normalized spacial score (nSPS) is 28.6. The topological polar surface area (TPSA) is 104 Å². The number of rotatable bonds is 6. The first-order valence-electron chi connectivity index (χ1n) is 15.1. The molecule has 1 N–H and O–H groups in total. The van der Waals surface area contributed by atoms with Crippen molar-refractivity contribution in [2.75, 3.05) is 23.0 Å². The number of amides is 4. The number of nitrogens with zero attached hydrogens (tertiary/aromatic N) is 2. The Kier molecular flexibility index (Phi) is 7.80. The number of anilines is 2. The number of hydrogen-bond acceptors (Lipinski definition) is 6. The average molecular weight is 755 g/mol. The molecule has 2 aliphatic carbocycles. The monoisotopic (exact) mass is 754 g/mol. The highest BCUT2D eigenvalue weighted by molar-refractivity contribution is 14.1. The number of imide groups is 2. The minimum absolute atomic E-state index is 0.119. The second kappa shape index (κ2) is 11.6. The number of carbonyl (C=O) groups excluding carboxylic acids is 4. The van der Waals surface area contributed by atoms with Crippen molar-refractivity contribution in [1.29, 1.82) is 0 Å². The number of aliphatic hydroxyl groups excluding tert-OH is 1. The second-order valence-electron chi connectivity index (χ2n) is 12.4. The van der Waals surface area contributed by atoms with Crippen LogP contribution in [0.25, 0.3) is 0 Å². The Morgan fingerprint density at radius 2 is 1.63 bits per heavy atom. The van der Waals surface area contributed by atoms with Gasteiger partial charge in [-0.05, 0) is 108 Å². The lowest BCUT2D eigenvalue weighted by Crippen LogP contribution is -2.48. The molecular formula is C35H29ClFIN2O6. The lowest BCUT2D eigenvalue weighted by Gasteiger charge is -2.49. The van der Waals surface area contributed by atoms with Gasteiger partial charge in [0.1, 0.15) is 18.2 Å². The fourth-order valence-corrected chi connectivity index (χ4v) is 8.56. The van der Waals surface area contributed by atoms with Gasteiger partial charge in [-0.2, -0.15) is 0 Å². The molecule has 46 heavy (non-hydrogen) atoms. The molecule has 6 atom stereocenters. The maximum absolute atomic E-state index is 14.5. The summed E-state index contributed by atoms with van der Waals surface area (Å²) in [7, 11) is 0. The Bertz CT molecular complexity index is 1810. The zero-order valence-corrected chi connectivity index (χ0v) is 27.6. The molecule has 0 aromatic heterocycles. The predicted molar refractivity (Wildman–Crippen MR) is 177 cm³/mol. The van der Waals surface area contributed by atoms with Gasteiger partial charge >= 0.3 is 0 Å². The number of benzene rings is 3. The molecule has 1 saturated carbocycles. The zero-order valence-electron chi connectivity index (χ0n) is 24.7. The lowest BCUT2D eigenvalue weighted by atomic mass is 9.51. The van der Waals surface area contributed by atoms with Crippen molar-refractivity contribution in [1.82, 2.24) is 0 Å². The van der Waals surface area contributed by atoms with Crippen LogP contribution in [0.4, 0.5) is 15.8 Å². The molecule has 2 heterocycles. The van der Waals surface area contributed by atoms with Crippen molar-refractivity contribution in [2.24, 2.45) is 29.1 Å². The molecule has 3 aromatic carbocycles. The maximum atomic E-state index is 14.5. The molecule has 2 aliphatic heterocycles. The smallest absolute Gasteiger partial charge is 0.241 e. The van der Waals surface area contributed by atoms with Crippen LogP contribution in [-0.4, -0.2) is 41.9 Å². The van der Waals surface area contributed by atoms with E-state index in [1.54, 1.807) is 31.2 Å². The van der Waals surface area contributed by atoms with Gasteiger partial charge in [0.05, 0.1) is 46.2 Å². The maximum Gasteiger partial charge on any atom is 0.241 e. The Hall–Kier alpha value is -3.61. The molecule has 7 rings (SSSR count). The van der Waals surface area contributed by atoms with E-state index in [9.17, 15) is 28.7 Å². The van der Waals surface area contributed by atoms with Crippen molar-refractivity contribution in [2.45, 2.75) is 25.7 Å². The van der Waals surface area contributed by atoms with E-state index in [0.29, 0.717) is 17.9 Å². The largest absolute Gasteiger partial charge is 0.491 e. The van der Waals surface area contributed by atoms with Gasteiger partial charge in [0.2, 0.25) is 23.6 Å². The quantitative estimate of drug-likeness (QED) is 0.191. The van der Waals surface area contributed by atoms with Gasteiger partial charge in [0.25, 0.3) is 0 Å². The number of halogens is 3. The highest BCUT2D eigenvalue weighted by atomic mass is 127.